The summed E-state index contributed by atoms with van der Waals surface area (Å²) in [6.45, 7) is 4.29. The number of likely N-dealkylation sites (tertiary alicyclic amines) is 1. The second kappa shape index (κ2) is 7.95. The van der Waals surface area contributed by atoms with Crippen molar-refractivity contribution < 1.29 is 19.8 Å². The molecule has 1 aliphatic heterocycles. The minimum Gasteiger partial charge on any atom is -0.481 e. The molecule has 2 unspecified atom stereocenters. The molecule has 1 saturated heterocycles. The van der Waals surface area contributed by atoms with E-state index < -0.39 is 23.8 Å². The minimum absolute atomic E-state index is 0.390. The fourth-order valence-electron chi connectivity index (χ4n) is 4.21. The van der Waals surface area contributed by atoms with Gasteiger partial charge < -0.3 is 15.1 Å². The lowest BCUT2D eigenvalue weighted by molar-refractivity contribution is -0.157. The number of carboxylic acid groups (broad SMARTS) is 2. The maximum absolute atomic E-state index is 11.3. The Morgan fingerprint density at radius 1 is 0.955 bits per heavy atom. The van der Waals surface area contributed by atoms with Gasteiger partial charge in [0.05, 0.1) is 11.8 Å². The van der Waals surface area contributed by atoms with Gasteiger partial charge in [-0.3, -0.25) is 9.59 Å². The number of hydrogen-bond donors (Lipinski definition) is 2. The van der Waals surface area contributed by atoms with Crippen LogP contribution in [0.1, 0.15) is 51.9 Å². The molecule has 22 heavy (non-hydrogen) atoms. The predicted molar refractivity (Wildman–Crippen MR) is 83.7 cm³/mol. The highest BCUT2D eigenvalue weighted by Crippen LogP contribution is 2.33. The van der Waals surface area contributed by atoms with Crippen LogP contribution in [0.15, 0.2) is 0 Å². The van der Waals surface area contributed by atoms with Crippen LogP contribution < -0.4 is 0 Å². The van der Waals surface area contributed by atoms with Crippen LogP contribution in [-0.2, 0) is 9.59 Å². The standard InChI is InChI=1S/C17H29NO4/c1-2-3-12-4-6-13(7-5-12)10-18-9-8-14(16(19)20)15(11-18)17(21)22/h12-15H,2-11H2,1H3,(H,19,20)(H,21,22). The molecule has 2 rings (SSSR count). The Hall–Kier alpha value is -1.10. The number of hydrogen-bond acceptors (Lipinski definition) is 3. The van der Waals surface area contributed by atoms with Gasteiger partial charge in [-0.1, -0.05) is 32.6 Å². The fourth-order valence-corrected chi connectivity index (χ4v) is 4.21. The zero-order valence-electron chi connectivity index (χ0n) is 13.5. The van der Waals surface area contributed by atoms with Crippen LogP contribution in [0.25, 0.3) is 0 Å². The first kappa shape index (κ1) is 17.3. The van der Waals surface area contributed by atoms with E-state index >= 15 is 0 Å². The molecule has 0 aromatic rings. The first-order valence-electron chi connectivity index (χ1n) is 8.69. The van der Waals surface area contributed by atoms with Crippen LogP contribution in [0.2, 0.25) is 0 Å². The van der Waals surface area contributed by atoms with E-state index in [2.05, 4.69) is 11.8 Å². The van der Waals surface area contributed by atoms with Crippen LogP contribution in [0, 0.1) is 23.7 Å². The molecule has 0 radical (unpaired) electrons. The highest BCUT2D eigenvalue weighted by molar-refractivity contribution is 5.80. The van der Waals surface area contributed by atoms with Gasteiger partial charge in [-0.2, -0.15) is 0 Å². The van der Waals surface area contributed by atoms with Gasteiger partial charge in [0.25, 0.3) is 0 Å². The Bertz CT molecular complexity index is 390. The molecule has 2 N–H and O–H groups in total. The molecule has 0 aromatic carbocycles. The molecule has 0 bridgehead atoms. The van der Waals surface area contributed by atoms with E-state index in [0.717, 1.165) is 19.0 Å². The minimum atomic E-state index is -0.969. The first-order valence-corrected chi connectivity index (χ1v) is 8.69. The Kier molecular flexibility index (Phi) is 6.24. The smallest absolute Gasteiger partial charge is 0.308 e. The lowest BCUT2D eigenvalue weighted by atomic mass is 9.79. The van der Waals surface area contributed by atoms with Gasteiger partial charge in [0.1, 0.15) is 0 Å². The Morgan fingerprint density at radius 3 is 2.09 bits per heavy atom. The Labute approximate surface area is 132 Å². The van der Waals surface area contributed by atoms with Crippen molar-refractivity contribution in [1.29, 1.82) is 0 Å². The first-order chi connectivity index (χ1) is 10.5. The Balaban J connectivity index is 1.82. The van der Waals surface area contributed by atoms with Gasteiger partial charge in [-0.15, -0.1) is 0 Å². The van der Waals surface area contributed by atoms with E-state index in [1.165, 1.54) is 38.5 Å². The molecule has 2 atom stereocenters. The second-order valence-electron chi connectivity index (χ2n) is 7.11. The van der Waals surface area contributed by atoms with Crippen molar-refractivity contribution in [2.24, 2.45) is 23.7 Å². The van der Waals surface area contributed by atoms with E-state index in [1.807, 2.05) is 0 Å². The number of piperidine rings is 1. The van der Waals surface area contributed by atoms with Crippen LogP contribution in [0.3, 0.4) is 0 Å². The van der Waals surface area contributed by atoms with E-state index in [9.17, 15) is 14.7 Å². The second-order valence-corrected chi connectivity index (χ2v) is 7.11. The van der Waals surface area contributed by atoms with Gasteiger partial charge in [-0.25, -0.2) is 0 Å². The van der Waals surface area contributed by atoms with Gasteiger partial charge in [0.2, 0.25) is 0 Å². The zero-order chi connectivity index (χ0) is 16.1. The Morgan fingerprint density at radius 2 is 1.55 bits per heavy atom. The topological polar surface area (TPSA) is 77.8 Å². The largest absolute Gasteiger partial charge is 0.481 e. The molecule has 2 fully saturated rings. The van der Waals surface area contributed by atoms with Crippen LogP contribution in [-0.4, -0.2) is 46.7 Å². The van der Waals surface area contributed by atoms with Crippen LogP contribution in [0.4, 0.5) is 0 Å². The molecule has 5 heteroatoms. The third-order valence-electron chi connectivity index (χ3n) is 5.51. The highest BCUT2D eigenvalue weighted by Gasteiger charge is 2.39. The molecule has 1 heterocycles. The zero-order valence-corrected chi connectivity index (χ0v) is 13.5. The molecule has 0 spiro atoms. The summed E-state index contributed by atoms with van der Waals surface area (Å²) in [6.07, 6.45) is 8.12. The molecular weight excluding hydrogens is 282 g/mol. The average molecular weight is 311 g/mol. The van der Waals surface area contributed by atoms with Crippen molar-refractivity contribution in [3.05, 3.63) is 0 Å². The molecule has 0 aromatic heterocycles. The molecular formula is C17H29NO4. The molecule has 5 nitrogen and oxygen atoms in total. The number of carbonyl (C=O) groups is 2. The summed E-state index contributed by atoms with van der Waals surface area (Å²) >= 11 is 0. The third kappa shape index (κ3) is 4.45. The van der Waals surface area contributed by atoms with Crippen LogP contribution in [0.5, 0.6) is 0 Å². The lowest BCUT2D eigenvalue weighted by Gasteiger charge is -2.38. The van der Waals surface area contributed by atoms with Crippen molar-refractivity contribution >= 4 is 11.9 Å². The number of rotatable bonds is 6. The lowest BCUT2D eigenvalue weighted by Crippen LogP contribution is -2.48. The maximum atomic E-state index is 11.3. The van der Waals surface area contributed by atoms with Gasteiger partial charge in [-0.05, 0) is 37.6 Å². The predicted octanol–water partition coefficient (Wildman–Crippen LogP) is 2.70. The van der Waals surface area contributed by atoms with Crippen molar-refractivity contribution in [3.8, 4) is 0 Å². The van der Waals surface area contributed by atoms with Gasteiger partial charge in [0.15, 0.2) is 0 Å². The molecule has 1 saturated carbocycles. The van der Waals surface area contributed by atoms with E-state index in [0.29, 0.717) is 18.9 Å². The summed E-state index contributed by atoms with van der Waals surface area (Å²) < 4.78 is 0. The summed E-state index contributed by atoms with van der Waals surface area (Å²) in [5.41, 5.74) is 0. The summed E-state index contributed by atoms with van der Waals surface area (Å²) in [7, 11) is 0. The van der Waals surface area contributed by atoms with E-state index in [4.69, 9.17) is 5.11 Å². The normalized spacial score (nSPS) is 33.5. The van der Waals surface area contributed by atoms with Crippen LogP contribution >= 0.6 is 0 Å². The quantitative estimate of drug-likeness (QED) is 0.788. The fraction of sp³-hybridized carbons (Fsp3) is 0.882. The van der Waals surface area contributed by atoms with Crippen molar-refractivity contribution in [1.82, 2.24) is 4.90 Å². The van der Waals surface area contributed by atoms with Crippen molar-refractivity contribution in [2.75, 3.05) is 19.6 Å². The number of nitrogens with zero attached hydrogens (tertiary/aromatic N) is 1. The number of aliphatic carboxylic acids is 2. The van der Waals surface area contributed by atoms with Crippen molar-refractivity contribution in [3.63, 3.8) is 0 Å². The highest BCUT2D eigenvalue weighted by atomic mass is 16.4. The molecule has 1 aliphatic carbocycles. The SMILES string of the molecule is CCCC1CCC(CN2CCC(C(=O)O)C(C(=O)O)C2)CC1. The van der Waals surface area contributed by atoms with Crippen molar-refractivity contribution in [2.45, 2.75) is 51.9 Å². The molecule has 126 valence electrons. The number of carboxylic acids is 2. The van der Waals surface area contributed by atoms with E-state index in [1.54, 1.807) is 0 Å². The van der Waals surface area contributed by atoms with Gasteiger partial charge >= 0.3 is 11.9 Å². The maximum Gasteiger partial charge on any atom is 0.308 e. The summed E-state index contributed by atoms with van der Waals surface area (Å²) in [4.78, 5) is 24.7. The summed E-state index contributed by atoms with van der Waals surface area (Å²) in [5, 5.41) is 18.4. The molecule has 0 amide bonds. The summed E-state index contributed by atoms with van der Waals surface area (Å²) in [6, 6.07) is 0. The summed E-state index contributed by atoms with van der Waals surface area (Å²) in [5.74, 6) is -1.89. The monoisotopic (exact) mass is 311 g/mol. The van der Waals surface area contributed by atoms with E-state index in [-0.39, 0.29) is 0 Å². The van der Waals surface area contributed by atoms with Gasteiger partial charge in [0, 0.05) is 13.1 Å². The molecule has 2 aliphatic rings. The third-order valence-corrected chi connectivity index (χ3v) is 5.51. The average Bonchev–Trinajstić information content (AvgIpc) is 2.49.